The van der Waals surface area contributed by atoms with E-state index in [0.717, 1.165) is 51.4 Å². The number of likely N-dealkylation sites (N-methyl/N-ethyl adjacent to an activating group) is 1. The summed E-state index contributed by atoms with van der Waals surface area (Å²) in [5, 5.41) is 0. The molecule has 336 valence electrons. The number of phosphoric acid groups is 1. The Hall–Kier alpha value is -2.85. The lowest BCUT2D eigenvalue weighted by atomic mass is 10.1. The van der Waals surface area contributed by atoms with Gasteiger partial charge < -0.3 is 23.6 Å². The third-order valence-corrected chi connectivity index (χ3v) is 10.3. The summed E-state index contributed by atoms with van der Waals surface area (Å²) in [5.41, 5.74) is 0. The summed E-state index contributed by atoms with van der Waals surface area (Å²) in [4.78, 5) is 35.4. The summed E-state index contributed by atoms with van der Waals surface area (Å²) in [6.45, 7) is 4.19. The van der Waals surface area contributed by atoms with E-state index in [0.29, 0.717) is 30.3 Å². The molecule has 0 aliphatic carbocycles. The molecule has 0 aromatic carbocycles. The molecule has 0 aromatic heterocycles. The fourth-order valence-corrected chi connectivity index (χ4v) is 6.37. The third kappa shape index (κ3) is 36.7. The molecule has 10 nitrogen and oxygen atoms in total. The predicted molar refractivity (Wildman–Crippen MR) is 242 cm³/mol. The van der Waals surface area contributed by atoms with E-state index in [-0.39, 0.29) is 38.3 Å². The fraction of sp³-hybridized carbons (Fsp3) is 0.667. The Kier molecular flexibility index (Phi) is 32.9. The van der Waals surface area contributed by atoms with Crippen LogP contribution in [0.2, 0.25) is 0 Å². The molecule has 1 aliphatic rings. The van der Waals surface area contributed by atoms with E-state index >= 15 is 0 Å². The quantitative estimate of drug-likeness (QED) is 0.0162. The highest BCUT2D eigenvalue weighted by Gasteiger charge is 2.36. The minimum Gasteiger partial charge on any atom is -0.462 e. The van der Waals surface area contributed by atoms with Gasteiger partial charge in [-0.25, -0.2) is 4.57 Å². The van der Waals surface area contributed by atoms with Crippen molar-refractivity contribution < 1.29 is 46.8 Å². The van der Waals surface area contributed by atoms with Crippen LogP contribution in [-0.4, -0.2) is 87.1 Å². The number of phosphoric ester groups is 1. The first kappa shape index (κ1) is 54.2. The van der Waals surface area contributed by atoms with Crippen molar-refractivity contribution in [2.45, 2.75) is 161 Å². The normalized spacial score (nSPS) is 17.8. The second-order valence-electron chi connectivity index (χ2n) is 16.1. The van der Waals surface area contributed by atoms with Crippen molar-refractivity contribution in [1.82, 2.24) is 0 Å². The smallest absolute Gasteiger partial charge is 0.462 e. The number of hydrogen-bond donors (Lipinski definition) is 1. The average Bonchev–Trinajstić information content (AvgIpc) is 3.94. The van der Waals surface area contributed by atoms with Crippen LogP contribution < -0.4 is 0 Å². The summed E-state index contributed by atoms with van der Waals surface area (Å²) >= 11 is 0. The maximum absolute atomic E-state index is 12.7. The number of esters is 2. The molecule has 1 heterocycles. The molecule has 0 saturated carbocycles. The van der Waals surface area contributed by atoms with Gasteiger partial charge in [-0.1, -0.05) is 125 Å². The van der Waals surface area contributed by atoms with E-state index in [1.807, 2.05) is 27.2 Å². The summed E-state index contributed by atoms with van der Waals surface area (Å²) in [7, 11) is 1.39. The number of rotatable bonds is 38. The molecular weight excluding hydrogens is 766 g/mol. The largest absolute Gasteiger partial charge is 0.472 e. The lowest BCUT2D eigenvalue weighted by Crippen LogP contribution is -2.37. The van der Waals surface area contributed by atoms with Crippen molar-refractivity contribution in [3.05, 3.63) is 85.1 Å². The van der Waals surface area contributed by atoms with Gasteiger partial charge in [0.15, 0.2) is 6.10 Å². The Balaban J connectivity index is 2.38. The molecule has 3 unspecified atom stereocenters. The number of epoxide rings is 1. The first-order valence-corrected chi connectivity index (χ1v) is 23.9. The molecule has 59 heavy (non-hydrogen) atoms. The zero-order valence-corrected chi connectivity index (χ0v) is 38.3. The molecule has 0 radical (unpaired) electrons. The van der Waals surface area contributed by atoms with E-state index < -0.39 is 32.5 Å². The molecule has 1 fully saturated rings. The Morgan fingerprint density at radius 3 is 1.56 bits per heavy atom. The van der Waals surface area contributed by atoms with Crippen molar-refractivity contribution in [2.75, 3.05) is 47.5 Å². The number of nitrogens with zero attached hydrogens (tertiary/aromatic N) is 1. The lowest BCUT2D eigenvalue weighted by molar-refractivity contribution is -0.870. The number of hydrogen-bond acceptors (Lipinski definition) is 8. The zero-order valence-electron chi connectivity index (χ0n) is 37.4. The number of unbranched alkanes of at least 4 members (excludes halogenated alkanes) is 8. The van der Waals surface area contributed by atoms with Crippen LogP contribution in [-0.2, 0) is 37.4 Å². The molecule has 1 saturated heterocycles. The summed E-state index contributed by atoms with van der Waals surface area (Å²) in [6.07, 6.45) is 48.1. The number of allylic oxidation sites excluding steroid dienone is 12. The Bertz CT molecular complexity index is 1340. The first-order chi connectivity index (χ1) is 28.5. The van der Waals surface area contributed by atoms with Gasteiger partial charge in [0.25, 0.3) is 0 Å². The minimum absolute atomic E-state index is 0.00557. The van der Waals surface area contributed by atoms with Crippen molar-refractivity contribution in [2.24, 2.45) is 0 Å². The molecule has 0 aromatic rings. The van der Waals surface area contributed by atoms with E-state index in [1.165, 1.54) is 44.9 Å². The number of ether oxygens (including phenoxy) is 3. The molecule has 1 rings (SSSR count). The van der Waals surface area contributed by atoms with Gasteiger partial charge in [0.05, 0.1) is 40.0 Å². The topological polar surface area (TPSA) is 121 Å². The fourth-order valence-electron chi connectivity index (χ4n) is 5.63. The second kappa shape index (κ2) is 35.9. The van der Waals surface area contributed by atoms with Gasteiger partial charge >= 0.3 is 19.8 Å². The SMILES string of the molecule is CCCCC/C=C\C/C=C\C/C=C\C/C=C\CCCC(=O)O[C@H](COC(=O)CCC/C=C\CC1OC1C/C=C\C/C=C\CCCCC)COP(=O)(O)OCC[N+](C)(C)C. The van der Waals surface area contributed by atoms with Crippen LogP contribution in [0.25, 0.3) is 0 Å². The predicted octanol–water partition coefficient (Wildman–Crippen LogP) is 11.8. The number of carbonyl (C=O) groups is 2. The van der Waals surface area contributed by atoms with Crippen LogP contribution in [0.3, 0.4) is 0 Å². The molecule has 11 heteroatoms. The minimum atomic E-state index is -4.41. The molecule has 1 N–H and O–H groups in total. The van der Waals surface area contributed by atoms with E-state index in [4.69, 9.17) is 23.3 Å². The zero-order chi connectivity index (χ0) is 43.3. The maximum Gasteiger partial charge on any atom is 0.472 e. The molecule has 0 spiro atoms. The van der Waals surface area contributed by atoms with Crippen molar-refractivity contribution in [3.63, 3.8) is 0 Å². The van der Waals surface area contributed by atoms with Gasteiger partial charge in [-0.05, 0) is 89.9 Å². The molecule has 0 amide bonds. The molecule has 0 bridgehead atoms. The lowest BCUT2D eigenvalue weighted by Gasteiger charge is -2.24. The Labute approximate surface area is 358 Å². The first-order valence-electron chi connectivity index (χ1n) is 22.4. The van der Waals surface area contributed by atoms with Gasteiger partial charge in [-0.3, -0.25) is 18.6 Å². The molecule has 1 aliphatic heterocycles. The number of carbonyl (C=O) groups excluding carboxylic acids is 2. The molecular formula is C48H81NO9P+. The van der Waals surface area contributed by atoms with Crippen LogP contribution in [0.4, 0.5) is 0 Å². The standard InChI is InChI=1S/C48H80NO9P/c1-6-8-10-12-14-16-17-18-19-20-21-22-23-25-27-29-35-39-48(51)57-44(43-56-59(52,53)55-41-40-49(3,4)5)42-54-47(50)38-34-31-30-33-37-46-45(58-46)36-32-28-26-24-15-13-11-9-7-2/h14-16,18-19,21-22,24-25,27-28,30,32-33,44-46H,6-13,17,20,23,26,29,31,34-43H2,1-5H3/p+1/b16-14-,19-18-,22-21-,24-15-,27-25-,32-28-,33-30-/t44-,45?,46?/m1/s1. The van der Waals surface area contributed by atoms with E-state index in [2.05, 4.69) is 92.8 Å². The summed E-state index contributed by atoms with van der Waals surface area (Å²) < 4.78 is 40.0. The van der Waals surface area contributed by atoms with Gasteiger partial charge in [0.2, 0.25) is 0 Å². The third-order valence-electron chi connectivity index (χ3n) is 9.30. The second-order valence-corrected chi connectivity index (χ2v) is 17.6. The number of quaternary nitrogens is 1. The average molecular weight is 847 g/mol. The van der Waals surface area contributed by atoms with Crippen LogP contribution in [0, 0.1) is 0 Å². The van der Waals surface area contributed by atoms with Crippen LogP contribution in [0.1, 0.15) is 142 Å². The van der Waals surface area contributed by atoms with Crippen LogP contribution >= 0.6 is 7.82 Å². The highest BCUT2D eigenvalue weighted by Crippen LogP contribution is 2.43. The van der Waals surface area contributed by atoms with Crippen molar-refractivity contribution in [3.8, 4) is 0 Å². The van der Waals surface area contributed by atoms with Crippen molar-refractivity contribution >= 4 is 19.8 Å². The summed E-state index contributed by atoms with van der Waals surface area (Å²) in [6, 6.07) is 0. The monoisotopic (exact) mass is 847 g/mol. The Morgan fingerprint density at radius 1 is 0.610 bits per heavy atom. The van der Waals surface area contributed by atoms with Gasteiger partial charge in [0, 0.05) is 12.8 Å². The van der Waals surface area contributed by atoms with E-state index in [1.54, 1.807) is 0 Å². The van der Waals surface area contributed by atoms with E-state index in [9.17, 15) is 19.0 Å². The van der Waals surface area contributed by atoms with Gasteiger partial charge in [-0.2, -0.15) is 0 Å². The van der Waals surface area contributed by atoms with Crippen LogP contribution in [0.5, 0.6) is 0 Å². The van der Waals surface area contributed by atoms with Gasteiger partial charge in [-0.15, -0.1) is 0 Å². The highest BCUT2D eigenvalue weighted by atomic mass is 31.2. The molecule has 4 atom stereocenters. The summed E-state index contributed by atoms with van der Waals surface area (Å²) in [5.74, 6) is -0.947. The maximum atomic E-state index is 12.7. The van der Waals surface area contributed by atoms with Gasteiger partial charge in [0.1, 0.15) is 19.8 Å². The van der Waals surface area contributed by atoms with Crippen molar-refractivity contribution in [1.29, 1.82) is 0 Å². The Morgan fingerprint density at radius 2 is 1.05 bits per heavy atom. The highest BCUT2D eigenvalue weighted by molar-refractivity contribution is 7.47. The van der Waals surface area contributed by atoms with Crippen LogP contribution in [0.15, 0.2) is 85.1 Å².